The van der Waals surface area contributed by atoms with E-state index in [2.05, 4.69) is 44.2 Å². The Morgan fingerprint density at radius 2 is 1.80 bits per heavy atom. The molecule has 0 unspecified atom stereocenters. The first-order chi connectivity index (χ1) is 16.7. The molecule has 1 fully saturated rings. The molecule has 4 rings (SSSR count). The number of hydrogen-bond donors (Lipinski definition) is 0. The van der Waals surface area contributed by atoms with Crippen LogP contribution in [0.1, 0.15) is 26.5 Å². The molecule has 0 N–H and O–H groups in total. The molecule has 0 radical (unpaired) electrons. The third-order valence-corrected chi connectivity index (χ3v) is 11.2. The standard InChI is InChI=1S/C25H34N6O3Si/c1-25(2,3)35(4,5)34-16-6-7-20-19-30(24(32)23(27-20)29-14-17-33-18-15-29)21-8-10-22(11-9-21)31-13-12-26-28-31/h6-13,19H,14-18H2,1-5H3/b7-6+. The van der Waals surface area contributed by atoms with Crippen molar-refractivity contribution in [1.82, 2.24) is 24.5 Å². The summed E-state index contributed by atoms with van der Waals surface area (Å²) < 4.78 is 15.1. The molecule has 0 aliphatic carbocycles. The monoisotopic (exact) mass is 494 g/mol. The van der Waals surface area contributed by atoms with E-state index in [0.29, 0.717) is 44.4 Å². The average Bonchev–Trinajstić information content (AvgIpc) is 3.38. The van der Waals surface area contributed by atoms with Gasteiger partial charge in [-0.2, -0.15) is 0 Å². The summed E-state index contributed by atoms with van der Waals surface area (Å²) in [6.07, 6.45) is 9.09. The Morgan fingerprint density at radius 1 is 1.11 bits per heavy atom. The van der Waals surface area contributed by atoms with Gasteiger partial charge in [0.25, 0.3) is 5.56 Å². The van der Waals surface area contributed by atoms with Gasteiger partial charge in [-0.1, -0.05) is 32.1 Å². The summed E-state index contributed by atoms with van der Waals surface area (Å²) in [6.45, 7) is 14.1. The number of morpholine rings is 1. The summed E-state index contributed by atoms with van der Waals surface area (Å²) in [5.74, 6) is 0.432. The van der Waals surface area contributed by atoms with Crippen LogP contribution in [-0.2, 0) is 9.16 Å². The maximum atomic E-state index is 13.5. The molecule has 1 saturated heterocycles. The molecule has 3 heterocycles. The van der Waals surface area contributed by atoms with Gasteiger partial charge in [0.15, 0.2) is 14.1 Å². The molecule has 35 heavy (non-hydrogen) atoms. The summed E-state index contributed by atoms with van der Waals surface area (Å²) in [6, 6.07) is 7.62. The number of ether oxygens (including phenoxy) is 1. The van der Waals surface area contributed by atoms with Crippen LogP contribution in [-0.4, -0.2) is 65.8 Å². The van der Waals surface area contributed by atoms with E-state index < -0.39 is 8.32 Å². The molecule has 0 amide bonds. The van der Waals surface area contributed by atoms with Gasteiger partial charge in [0.2, 0.25) is 0 Å². The highest BCUT2D eigenvalue weighted by atomic mass is 28.4. The lowest BCUT2D eigenvalue weighted by molar-refractivity contribution is 0.122. The minimum absolute atomic E-state index is 0.147. The van der Waals surface area contributed by atoms with E-state index >= 15 is 0 Å². The zero-order valence-corrected chi connectivity index (χ0v) is 22.1. The number of anilines is 1. The molecule has 1 aliphatic rings. The Kier molecular flexibility index (Phi) is 7.34. The lowest BCUT2D eigenvalue weighted by Crippen LogP contribution is -2.41. The van der Waals surface area contributed by atoms with E-state index in [-0.39, 0.29) is 10.6 Å². The molecule has 1 aromatic carbocycles. The lowest BCUT2D eigenvalue weighted by Gasteiger charge is -2.35. The van der Waals surface area contributed by atoms with E-state index in [9.17, 15) is 4.79 Å². The van der Waals surface area contributed by atoms with Gasteiger partial charge in [-0.05, 0) is 48.5 Å². The van der Waals surface area contributed by atoms with E-state index in [0.717, 1.165) is 11.4 Å². The second-order valence-electron chi connectivity index (χ2n) is 10.1. The molecule has 1 aliphatic heterocycles. The van der Waals surface area contributed by atoms with Crippen LogP contribution in [0.25, 0.3) is 17.5 Å². The number of rotatable bonds is 7. The van der Waals surface area contributed by atoms with E-state index in [1.807, 2.05) is 41.3 Å². The Morgan fingerprint density at radius 3 is 2.43 bits per heavy atom. The highest BCUT2D eigenvalue weighted by molar-refractivity contribution is 6.74. The third kappa shape index (κ3) is 5.77. The molecule has 0 saturated carbocycles. The second kappa shape index (κ2) is 10.3. The van der Waals surface area contributed by atoms with Crippen molar-refractivity contribution in [2.24, 2.45) is 0 Å². The highest BCUT2D eigenvalue weighted by Gasteiger charge is 2.36. The summed E-state index contributed by atoms with van der Waals surface area (Å²) in [5.41, 5.74) is 2.16. The number of benzene rings is 1. The molecule has 186 valence electrons. The SMILES string of the molecule is CC(C)(C)[Si](C)(C)OC/C=C/c1cn(-c2ccc(-n3ccnn3)cc2)c(=O)c(N2CCOCC2)n1. The van der Waals surface area contributed by atoms with E-state index in [1.165, 1.54) is 0 Å². The van der Waals surface area contributed by atoms with Crippen molar-refractivity contribution in [1.29, 1.82) is 0 Å². The molecule has 10 heteroatoms. The molecule has 0 bridgehead atoms. The first-order valence-corrected chi connectivity index (χ1v) is 14.8. The normalized spacial score (nSPS) is 15.2. The average molecular weight is 495 g/mol. The molecule has 9 nitrogen and oxygen atoms in total. The topological polar surface area (TPSA) is 87.3 Å². The second-order valence-corrected chi connectivity index (χ2v) is 14.9. The van der Waals surface area contributed by atoms with Gasteiger partial charge in [-0.25, -0.2) is 9.67 Å². The minimum atomic E-state index is -1.84. The van der Waals surface area contributed by atoms with Crippen molar-refractivity contribution in [2.45, 2.75) is 38.9 Å². The van der Waals surface area contributed by atoms with Gasteiger partial charge < -0.3 is 14.1 Å². The van der Waals surface area contributed by atoms with Gasteiger partial charge in [-0.3, -0.25) is 9.36 Å². The zero-order chi connectivity index (χ0) is 25.1. The fraction of sp³-hybridized carbons (Fsp3) is 0.440. The van der Waals surface area contributed by atoms with Crippen molar-refractivity contribution < 1.29 is 9.16 Å². The summed E-state index contributed by atoms with van der Waals surface area (Å²) >= 11 is 0. The molecular formula is C25H34N6O3Si. The van der Waals surface area contributed by atoms with Crippen LogP contribution in [0.2, 0.25) is 18.1 Å². The quantitative estimate of drug-likeness (QED) is 0.463. The number of aromatic nitrogens is 5. The maximum absolute atomic E-state index is 13.5. The Labute approximate surface area is 207 Å². The summed E-state index contributed by atoms with van der Waals surface area (Å²) in [4.78, 5) is 20.2. The van der Waals surface area contributed by atoms with Crippen molar-refractivity contribution in [3.05, 3.63) is 65.0 Å². The number of hydrogen-bond acceptors (Lipinski definition) is 7. The van der Waals surface area contributed by atoms with E-state index in [4.69, 9.17) is 14.1 Å². The third-order valence-electron chi connectivity index (χ3n) is 6.67. The largest absolute Gasteiger partial charge is 0.413 e. The Balaban J connectivity index is 1.64. The fourth-order valence-corrected chi connectivity index (χ4v) is 4.45. The predicted octanol–water partition coefficient (Wildman–Crippen LogP) is 3.68. The van der Waals surface area contributed by atoms with Gasteiger partial charge in [0, 0.05) is 25.0 Å². The molecular weight excluding hydrogens is 460 g/mol. The molecule has 3 aromatic rings. The predicted molar refractivity (Wildman–Crippen MR) is 140 cm³/mol. The van der Waals surface area contributed by atoms with Crippen LogP contribution < -0.4 is 10.5 Å². The van der Waals surface area contributed by atoms with Crippen LogP contribution in [0.3, 0.4) is 0 Å². The van der Waals surface area contributed by atoms with Gasteiger partial charge >= 0.3 is 0 Å². The van der Waals surface area contributed by atoms with Crippen molar-refractivity contribution in [3.63, 3.8) is 0 Å². The van der Waals surface area contributed by atoms with Crippen molar-refractivity contribution in [2.75, 3.05) is 37.8 Å². The van der Waals surface area contributed by atoms with Gasteiger partial charge in [-0.15, -0.1) is 5.10 Å². The summed E-state index contributed by atoms with van der Waals surface area (Å²) in [5, 5.41) is 8.02. The summed E-state index contributed by atoms with van der Waals surface area (Å²) in [7, 11) is -1.84. The highest BCUT2D eigenvalue weighted by Crippen LogP contribution is 2.36. The zero-order valence-electron chi connectivity index (χ0n) is 21.1. The van der Waals surface area contributed by atoms with E-state index in [1.54, 1.807) is 27.8 Å². The Bertz CT molecular complexity index is 1210. The van der Waals surface area contributed by atoms with Crippen LogP contribution in [0.4, 0.5) is 5.82 Å². The first kappa shape index (κ1) is 25.0. The van der Waals surface area contributed by atoms with Gasteiger partial charge in [0.1, 0.15) is 0 Å². The fourth-order valence-electron chi connectivity index (χ4n) is 3.50. The smallest absolute Gasteiger partial charge is 0.298 e. The van der Waals surface area contributed by atoms with Crippen LogP contribution in [0, 0.1) is 0 Å². The van der Waals surface area contributed by atoms with Crippen LogP contribution in [0.5, 0.6) is 0 Å². The lowest BCUT2D eigenvalue weighted by atomic mass is 10.2. The molecule has 0 atom stereocenters. The van der Waals surface area contributed by atoms with Crippen LogP contribution in [0.15, 0.2) is 53.7 Å². The Hall–Kier alpha value is -3.08. The van der Waals surface area contributed by atoms with Gasteiger partial charge in [0.05, 0.1) is 43.6 Å². The number of nitrogens with zero attached hydrogens (tertiary/aromatic N) is 6. The van der Waals surface area contributed by atoms with Crippen molar-refractivity contribution >= 4 is 20.2 Å². The minimum Gasteiger partial charge on any atom is -0.413 e. The van der Waals surface area contributed by atoms with Crippen molar-refractivity contribution in [3.8, 4) is 11.4 Å². The van der Waals surface area contributed by atoms with Crippen LogP contribution >= 0.6 is 0 Å². The first-order valence-electron chi connectivity index (χ1n) is 11.9. The molecule has 2 aromatic heterocycles. The molecule has 0 spiro atoms. The maximum Gasteiger partial charge on any atom is 0.298 e.